The van der Waals surface area contributed by atoms with Crippen molar-refractivity contribution in [3.63, 3.8) is 0 Å². The number of esters is 1. The fourth-order valence-corrected chi connectivity index (χ4v) is 4.71. The highest BCUT2D eigenvalue weighted by Gasteiger charge is 2.44. The van der Waals surface area contributed by atoms with Gasteiger partial charge in [0.1, 0.15) is 6.10 Å². The molecule has 0 saturated heterocycles. The highest BCUT2D eigenvalue weighted by atomic mass is 16.5. The minimum absolute atomic E-state index is 0.0492. The van der Waals surface area contributed by atoms with E-state index in [1.807, 2.05) is 0 Å². The van der Waals surface area contributed by atoms with Crippen LogP contribution in [0.15, 0.2) is 0 Å². The summed E-state index contributed by atoms with van der Waals surface area (Å²) in [5.41, 5.74) is -0.860. The molecule has 0 heterocycles. The van der Waals surface area contributed by atoms with Crippen LogP contribution in [0.3, 0.4) is 0 Å². The molecule has 0 aromatic carbocycles. The number of rotatable bonds is 8. The van der Waals surface area contributed by atoms with Crippen LogP contribution in [-0.2, 0) is 9.53 Å². The van der Waals surface area contributed by atoms with Crippen molar-refractivity contribution in [1.29, 1.82) is 5.26 Å². The molecule has 3 heteroatoms. The number of carbonyl (C=O) groups excluding carboxylic acids is 1. The molecule has 0 spiro atoms. The van der Waals surface area contributed by atoms with Crippen LogP contribution in [0.4, 0.5) is 0 Å². The smallest absolute Gasteiger partial charge is 0.326 e. The summed E-state index contributed by atoms with van der Waals surface area (Å²) in [5.74, 6) is 1.29. The maximum atomic E-state index is 12.7. The molecule has 0 unspecified atom stereocenters. The summed E-state index contributed by atoms with van der Waals surface area (Å²) >= 11 is 0. The van der Waals surface area contributed by atoms with Crippen LogP contribution < -0.4 is 0 Å². The summed E-state index contributed by atoms with van der Waals surface area (Å²) in [6, 6.07) is 2.35. The average molecular weight is 348 g/mol. The van der Waals surface area contributed by atoms with Crippen molar-refractivity contribution in [2.45, 2.75) is 110 Å². The molecular weight excluding hydrogens is 310 g/mol. The summed E-state index contributed by atoms with van der Waals surface area (Å²) < 4.78 is 5.82. The molecule has 2 rings (SSSR count). The van der Waals surface area contributed by atoms with E-state index in [2.05, 4.69) is 19.9 Å². The molecule has 2 aliphatic rings. The average Bonchev–Trinajstić information content (AvgIpc) is 2.64. The zero-order valence-electron chi connectivity index (χ0n) is 16.4. The highest BCUT2D eigenvalue weighted by molar-refractivity contribution is 5.80. The topological polar surface area (TPSA) is 50.1 Å². The maximum Gasteiger partial charge on any atom is 0.326 e. The Balaban J connectivity index is 1.79. The standard InChI is InChI=1S/C22H37NO2/c1-3-5-6-8-19-13-15-22(17-23,16-14-19)21(24)25-20-11-9-18(7-4-2)10-12-20/h18-20H,3-16H2,1-2H3. The summed E-state index contributed by atoms with van der Waals surface area (Å²) in [6.45, 7) is 4.47. The van der Waals surface area contributed by atoms with Gasteiger partial charge in [-0.2, -0.15) is 5.26 Å². The zero-order chi connectivity index (χ0) is 18.1. The van der Waals surface area contributed by atoms with Gasteiger partial charge < -0.3 is 4.74 Å². The van der Waals surface area contributed by atoms with Crippen molar-refractivity contribution in [2.24, 2.45) is 17.3 Å². The summed E-state index contributed by atoms with van der Waals surface area (Å²) in [5, 5.41) is 9.70. The lowest BCUT2D eigenvalue weighted by Crippen LogP contribution is -2.38. The number of hydrogen-bond donors (Lipinski definition) is 0. The van der Waals surface area contributed by atoms with Gasteiger partial charge in [-0.3, -0.25) is 4.79 Å². The van der Waals surface area contributed by atoms with Gasteiger partial charge in [-0.05, 0) is 63.2 Å². The summed E-state index contributed by atoms with van der Waals surface area (Å²) in [6.07, 6.45) is 15.4. The SMILES string of the molecule is CCCCCC1CCC(C#N)(C(=O)OC2CCC(CCC)CC2)CC1. The van der Waals surface area contributed by atoms with E-state index in [1.165, 1.54) is 51.4 Å². The molecule has 3 nitrogen and oxygen atoms in total. The minimum Gasteiger partial charge on any atom is -0.461 e. The van der Waals surface area contributed by atoms with Crippen LogP contribution in [0.25, 0.3) is 0 Å². The van der Waals surface area contributed by atoms with E-state index >= 15 is 0 Å². The summed E-state index contributed by atoms with van der Waals surface area (Å²) in [4.78, 5) is 12.7. The third-order valence-electron chi connectivity index (χ3n) is 6.54. The first-order chi connectivity index (χ1) is 12.1. The third kappa shape index (κ3) is 5.73. The molecule has 2 fully saturated rings. The number of nitriles is 1. The Labute approximate surface area is 154 Å². The monoisotopic (exact) mass is 347 g/mol. The molecule has 2 aliphatic carbocycles. The van der Waals surface area contributed by atoms with Crippen molar-refractivity contribution in [1.82, 2.24) is 0 Å². The van der Waals surface area contributed by atoms with E-state index in [9.17, 15) is 10.1 Å². The van der Waals surface area contributed by atoms with Gasteiger partial charge in [0.05, 0.1) is 6.07 Å². The molecule has 0 radical (unpaired) electrons. The lowest BCUT2D eigenvalue weighted by Gasteiger charge is -2.35. The first-order valence-corrected chi connectivity index (χ1v) is 10.8. The van der Waals surface area contributed by atoms with Gasteiger partial charge in [0.25, 0.3) is 0 Å². The number of ether oxygens (including phenoxy) is 1. The van der Waals surface area contributed by atoms with Crippen LogP contribution in [0.5, 0.6) is 0 Å². The van der Waals surface area contributed by atoms with E-state index in [-0.39, 0.29) is 12.1 Å². The number of nitrogens with zero attached hydrogens (tertiary/aromatic N) is 1. The second-order valence-electron chi connectivity index (χ2n) is 8.47. The Kier molecular flexibility index (Phi) is 8.27. The molecule has 0 atom stereocenters. The Morgan fingerprint density at radius 1 is 0.960 bits per heavy atom. The van der Waals surface area contributed by atoms with Crippen LogP contribution in [0.1, 0.15) is 104 Å². The van der Waals surface area contributed by atoms with Crippen LogP contribution in [-0.4, -0.2) is 12.1 Å². The first-order valence-electron chi connectivity index (χ1n) is 10.8. The Morgan fingerprint density at radius 3 is 2.16 bits per heavy atom. The number of carbonyl (C=O) groups is 1. The van der Waals surface area contributed by atoms with Gasteiger partial charge >= 0.3 is 5.97 Å². The molecule has 142 valence electrons. The number of unbranched alkanes of at least 4 members (excludes halogenated alkanes) is 2. The zero-order valence-corrected chi connectivity index (χ0v) is 16.4. The lowest BCUT2D eigenvalue weighted by molar-refractivity contribution is -0.162. The third-order valence-corrected chi connectivity index (χ3v) is 6.54. The Hall–Kier alpha value is -1.04. The normalized spacial score (nSPS) is 32.8. The van der Waals surface area contributed by atoms with Gasteiger partial charge in [0.15, 0.2) is 5.41 Å². The van der Waals surface area contributed by atoms with E-state index < -0.39 is 5.41 Å². The van der Waals surface area contributed by atoms with E-state index in [0.29, 0.717) is 18.8 Å². The van der Waals surface area contributed by atoms with Crippen LogP contribution in [0, 0.1) is 28.6 Å². The molecule has 2 saturated carbocycles. The Bertz CT molecular complexity index is 437. The van der Waals surface area contributed by atoms with E-state index in [0.717, 1.165) is 31.6 Å². The largest absolute Gasteiger partial charge is 0.461 e. The second-order valence-corrected chi connectivity index (χ2v) is 8.47. The molecule has 0 amide bonds. The van der Waals surface area contributed by atoms with Gasteiger partial charge in [-0.1, -0.05) is 52.4 Å². The highest BCUT2D eigenvalue weighted by Crippen LogP contribution is 2.42. The van der Waals surface area contributed by atoms with Gasteiger partial charge in [-0.15, -0.1) is 0 Å². The van der Waals surface area contributed by atoms with Crippen LogP contribution in [0.2, 0.25) is 0 Å². The van der Waals surface area contributed by atoms with Crippen molar-refractivity contribution < 1.29 is 9.53 Å². The number of hydrogen-bond acceptors (Lipinski definition) is 3. The van der Waals surface area contributed by atoms with Crippen molar-refractivity contribution in [3.8, 4) is 6.07 Å². The van der Waals surface area contributed by atoms with Crippen molar-refractivity contribution in [3.05, 3.63) is 0 Å². The predicted octanol–water partition coefficient (Wildman–Crippen LogP) is 6.17. The molecular formula is C22H37NO2. The maximum absolute atomic E-state index is 12.7. The van der Waals surface area contributed by atoms with Crippen molar-refractivity contribution >= 4 is 5.97 Å². The Morgan fingerprint density at radius 2 is 1.60 bits per heavy atom. The molecule has 25 heavy (non-hydrogen) atoms. The van der Waals surface area contributed by atoms with Gasteiger partial charge in [-0.25, -0.2) is 0 Å². The second kappa shape index (κ2) is 10.2. The lowest BCUT2D eigenvalue weighted by atomic mass is 9.70. The molecule has 0 bridgehead atoms. The van der Waals surface area contributed by atoms with E-state index in [4.69, 9.17) is 4.74 Å². The quantitative estimate of drug-likeness (QED) is 0.390. The molecule has 0 aromatic rings. The molecule has 0 N–H and O–H groups in total. The molecule has 0 aromatic heterocycles. The first kappa shape index (κ1) is 20.3. The molecule has 0 aliphatic heterocycles. The minimum atomic E-state index is -0.860. The fraction of sp³-hybridized carbons (Fsp3) is 0.909. The predicted molar refractivity (Wildman–Crippen MR) is 101 cm³/mol. The van der Waals surface area contributed by atoms with Gasteiger partial charge in [0.2, 0.25) is 0 Å². The van der Waals surface area contributed by atoms with Gasteiger partial charge in [0, 0.05) is 0 Å². The summed E-state index contributed by atoms with van der Waals surface area (Å²) in [7, 11) is 0. The van der Waals surface area contributed by atoms with E-state index in [1.54, 1.807) is 0 Å². The van der Waals surface area contributed by atoms with Crippen molar-refractivity contribution in [2.75, 3.05) is 0 Å². The fourth-order valence-electron chi connectivity index (χ4n) is 4.71. The van der Waals surface area contributed by atoms with Crippen LogP contribution >= 0.6 is 0 Å².